The number of hydrogen-bond donors (Lipinski definition) is 1. The second-order valence-electron chi connectivity index (χ2n) is 8.15. The molecule has 2 aromatic carbocycles. The van der Waals surface area contributed by atoms with E-state index in [1.54, 1.807) is 12.1 Å². The summed E-state index contributed by atoms with van der Waals surface area (Å²) in [6, 6.07) is 16.2. The number of ether oxygens (including phenoxy) is 1. The van der Waals surface area contributed by atoms with Crippen molar-refractivity contribution in [1.29, 1.82) is 5.26 Å². The number of benzene rings is 2. The van der Waals surface area contributed by atoms with E-state index in [0.29, 0.717) is 18.2 Å². The molecule has 7 heteroatoms. The number of nitrogens with zero attached hydrogens (tertiary/aromatic N) is 2. The van der Waals surface area contributed by atoms with Gasteiger partial charge in [0, 0.05) is 25.7 Å². The Hall–Kier alpha value is -2.40. The van der Waals surface area contributed by atoms with Crippen molar-refractivity contribution in [1.82, 2.24) is 9.62 Å². The number of sulfonamides is 1. The molecule has 158 valence electrons. The maximum Gasteiger partial charge on any atom is 0.240 e. The fraction of sp³-hybridized carbons (Fsp3) is 0.435. The molecule has 1 atom stereocenters. The highest BCUT2D eigenvalue weighted by atomic mass is 32.2. The van der Waals surface area contributed by atoms with Gasteiger partial charge in [-0.25, -0.2) is 13.1 Å². The lowest BCUT2D eigenvalue weighted by atomic mass is 10.2. The van der Waals surface area contributed by atoms with Gasteiger partial charge in [0.2, 0.25) is 10.0 Å². The molecule has 2 aromatic rings. The molecule has 1 aliphatic carbocycles. The van der Waals surface area contributed by atoms with Crippen LogP contribution in [0, 0.1) is 11.3 Å². The monoisotopic (exact) mass is 425 g/mol. The summed E-state index contributed by atoms with van der Waals surface area (Å²) in [5, 5.41) is 9.00. The van der Waals surface area contributed by atoms with Crippen LogP contribution in [-0.4, -0.2) is 38.6 Å². The first-order valence-electron chi connectivity index (χ1n) is 10.5. The van der Waals surface area contributed by atoms with E-state index in [1.807, 2.05) is 18.2 Å². The van der Waals surface area contributed by atoms with Gasteiger partial charge in [0.05, 0.1) is 22.6 Å². The topological polar surface area (TPSA) is 82.4 Å². The molecular weight excluding hydrogens is 398 g/mol. The van der Waals surface area contributed by atoms with Gasteiger partial charge in [-0.2, -0.15) is 5.26 Å². The molecule has 1 heterocycles. The Morgan fingerprint density at radius 3 is 2.60 bits per heavy atom. The Labute approximate surface area is 178 Å². The van der Waals surface area contributed by atoms with Gasteiger partial charge in [-0.3, -0.25) is 4.90 Å². The zero-order valence-corrected chi connectivity index (χ0v) is 17.8. The van der Waals surface area contributed by atoms with Gasteiger partial charge in [0.15, 0.2) is 0 Å². The summed E-state index contributed by atoms with van der Waals surface area (Å²) in [5.74, 6) is 0.928. The zero-order valence-electron chi connectivity index (χ0n) is 17.0. The fourth-order valence-corrected chi connectivity index (χ4v) is 5.53. The van der Waals surface area contributed by atoms with Crippen LogP contribution < -0.4 is 9.46 Å². The van der Waals surface area contributed by atoms with Crippen LogP contribution in [0.2, 0.25) is 0 Å². The summed E-state index contributed by atoms with van der Waals surface area (Å²) in [6.07, 6.45) is 5.93. The zero-order chi connectivity index (χ0) is 21.0. The second kappa shape index (κ2) is 9.17. The van der Waals surface area contributed by atoms with Crippen molar-refractivity contribution < 1.29 is 13.2 Å². The standard InChI is InChI=1S/C23H27N3O3S/c24-15-19-4-3-7-23(14-19)30(27,28)25-20-12-13-26(17-20)16-18-8-10-22(11-9-18)29-21-5-1-2-6-21/h3-4,7-11,14,20-21,25H,1-2,5-6,12-13,16-17H2/t20-/m1/s1. The van der Waals surface area contributed by atoms with E-state index >= 15 is 0 Å². The molecule has 2 fully saturated rings. The van der Waals surface area contributed by atoms with Crippen molar-refractivity contribution in [3.8, 4) is 11.8 Å². The highest BCUT2D eigenvalue weighted by Gasteiger charge is 2.27. The Bertz CT molecular complexity index is 1010. The maximum absolute atomic E-state index is 12.6. The van der Waals surface area contributed by atoms with Crippen molar-refractivity contribution in [3.05, 3.63) is 59.7 Å². The molecule has 1 saturated heterocycles. The molecule has 6 nitrogen and oxygen atoms in total. The number of likely N-dealkylation sites (tertiary alicyclic amines) is 1. The van der Waals surface area contributed by atoms with Crippen LogP contribution in [0.3, 0.4) is 0 Å². The SMILES string of the molecule is N#Cc1cccc(S(=O)(=O)N[C@@H]2CCN(Cc3ccc(OC4CCCC4)cc3)C2)c1. The molecular formula is C23H27N3O3S. The van der Waals surface area contributed by atoms with Gasteiger partial charge in [-0.15, -0.1) is 0 Å². The quantitative estimate of drug-likeness (QED) is 0.735. The molecule has 0 aromatic heterocycles. The average molecular weight is 426 g/mol. The third-order valence-corrected chi connectivity index (χ3v) is 7.32. The lowest BCUT2D eigenvalue weighted by molar-refractivity contribution is 0.210. The molecule has 1 N–H and O–H groups in total. The summed E-state index contributed by atoms with van der Waals surface area (Å²) in [4.78, 5) is 2.39. The summed E-state index contributed by atoms with van der Waals surface area (Å²) >= 11 is 0. The van der Waals surface area contributed by atoms with Crippen LogP contribution in [0.1, 0.15) is 43.2 Å². The van der Waals surface area contributed by atoms with E-state index in [9.17, 15) is 8.42 Å². The molecule has 2 aliphatic rings. The lowest BCUT2D eigenvalue weighted by Gasteiger charge is -2.18. The van der Waals surface area contributed by atoms with Gasteiger partial charge in [0.25, 0.3) is 0 Å². The van der Waals surface area contributed by atoms with Crippen molar-refractivity contribution in [2.45, 2.75) is 55.7 Å². The fourth-order valence-electron chi connectivity index (χ4n) is 4.22. The van der Waals surface area contributed by atoms with Gasteiger partial charge in [-0.05, 0) is 68.0 Å². The van der Waals surface area contributed by atoms with Crippen molar-refractivity contribution in [2.24, 2.45) is 0 Å². The summed E-state index contributed by atoms with van der Waals surface area (Å²) in [7, 11) is -3.63. The lowest BCUT2D eigenvalue weighted by Crippen LogP contribution is -2.37. The average Bonchev–Trinajstić information content (AvgIpc) is 3.41. The molecule has 0 unspecified atom stereocenters. The van der Waals surface area contributed by atoms with Gasteiger partial charge < -0.3 is 4.74 Å². The highest BCUT2D eigenvalue weighted by Crippen LogP contribution is 2.25. The van der Waals surface area contributed by atoms with Gasteiger partial charge in [-0.1, -0.05) is 18.2 Å². The maximum atomic E-state index is 12.6. The van der Waals surface area contributed by atoms with Crippen LogP contribution in [0.25, 0.3) is 0 Å². The molecule has 4 rings (SSSR count). The first-order chi connectivity index (χ1) is 14.5. The van der Waals surface area contributed by atoms with E-state index in [1.165, 1.54) is 30.5 Å². The van der Waals surface area contributed by atoms with Crippen LogP contribution in [-0.2, 0) is 16.6 Å². The van der Waals surface area contributed by atoms with Crippen molar-refractivity contribution in [3.63, 3.8) is 0 Å². The molecule has 0 radical (unpaired) electrons. The smallest absolute Gasteiger partial charge is 0.240 e. The largest absolute Gasteiger partial charge is 0.490 e. The molecule has 0 spiro atoms. The van der Waals surface area contributed by atoms with E-state index in [0.717, 1.165) is 38.1 Å². The normalized spacial score (nSPS) is 20.3. The third kappa shape index (κ3) is 5.20. The highest BCUT2D eigenvalue weighted by molar-refractivity contribution is 7.89. The third-order valence-electron chi connectivity index (χ3n) is 5.80. The summed E-state index contributed by atoms with van der Waals surface area (Å²) in [5.41, 5.74) is 1.53. The van der Waals surface area contributed by atoms with Crippen LogP contribution in [0.5, 0.6) is 5.75 Å². The van der Waals surface area contributed by atoms with E-state index in [-0.39, 0.29) is 10.9 Å². The van der Waals surface area contributed by atoms with Gasteiger partial charge in [0.1, 0.15) is 5.75 Å². The summed E-state index contributed by atoms with van der Waals surface area (Å²) in [6.45, 7) is 2.29. The minimum Gasteiger partial charge on any atom is -0.490 e. The number of nitrogens with one attached hydrogen (secondary N) is 1. The molecule has 0 amide bonds. The van der Waals surface area contributed by atoms with E-state index < -0.39 is 10.0 Å². The van der Waals surface area contributed by atoms with E-state index in [2.05, 4.69) is 21.8 Å². The minimum absolute atomic E-state index is 0.134. The number of nitriles is 1. The Kier molecular flexibility index (Phi) is 6.38. The molecule has 0 bridgehead atoms. The Morgan fingerprint density at radius 2 is 1.87 bits per heavy atom. The Balaban J connectivity index is 1.30. The predicted octanol–water partition coefficient (Wildman–Crippen LogP) is 3.43. The van der Waals surface area contributed by atoms with E-state index in [4.69, 9.17) is 10.00 Å². The van der Waals surface area contributed by atoms with Crippen LogP contribution >= 0.6 is 0 Å². The first-order valence-corrected chi connectivity index (χ1v) is 12.0. The first kappa shape index (κ1) is 20.9. The number of rotatable bonds is 7. The molecule has 1 saturated carbocycles. The van der Waals surface area contributed by atoms with Crippen LogP contribution in [0.4, 0.5) is 0 Å². The van der Waals surface area contributed by atoms with Crippen molar-refractivity contribution in [2.75, 3.05) is 13.1 Å². The predicted molar refractivity (Wildman–Crippen MR) is 114 cm³/mol. The van der Waals surface area contributed by atoms with Gasteiger partial charge >= 0.3 is 0 Å². The van der Waals surface area contributed by atoms with Crippen molar-refractivity contribution >= 4 is 10.0 Å². The summed E-state index contributed by atoms with van der Waals surface area (Å²) < 4.78 is 34.1. The molecule has 1 aliphatic heterocycles. The minimum atomic E-state index is -3.63. The number of hydrogen-bond acceptors (Lipinski definition) is 5. The Morgan fingerprint density at radius 1 is 1.10 bits per heavy atom. The second-order valence-corrected chi connectivity index (χ2v) is 9.86. The van der Waals surface area contributed by atoms with Crippen LogP contribution in [0.15, 0.2) is 53.4 Å². The molecule has 30 heavy (non-hydrogen) atoms.